The van der Waals surface area contributed by atoms with E-state index >= 15 is 0 Å². The van der Waals surface area contributed by atoms with Crippen molar-refractivity contribution in [1.29, 1.82) is 0 Å². The predicted molar refractivity (Wildman–Crippen MR) is 111 cm³/mol. The lowest BCUT2D eigenvalue weighted by molar-refractivity contribution is -0.124. The van der Waals surface area contributed by atoms with Gasteiger partial charge in [-0.15, -0.1) is 0 Å². The third kappa shape index (κ3) is 4.97. The summed E-state index contributed by atoms with van der Waals surface area (Å²) in [6, 6.07) is 13.4. The van der Waals surface area contributed by atoms with E-state index in [2.05, 4.69) is 5.32 Å². The summed E-state index contributed by atoms with van der Waals surface area (Å²) in [6.45, 7) is 1.64. The molecule has 2 unspecified atom stereocenters. The van der Waals surface area contributed by atoms with E-state index in [0.29, 0.717) is 26.1 Å². The van der Waals surface area contributed by atoms with Crippen LogP contribution in [0.5, 0.6) is 5.75 Å². The molecule has 1 aliphatic rings. The third-order valence-electron chi connectivity index (χ3n) is 5.42. The van der Waals surface area contributed by atoms with Crippen LogP contribution < -0.4 is 10.1 Å². The SMILES string of the molecule is COCCCNC(=O)C1CN(C(=O)c2ccccc2F)CC1c1ccc(OC)cc1. The second-order valence-electron chi connectivity index (χ2n) is 7.31. The highest BCUT2D eigenvalue weighted by Crippen LogP contribution is 2.34. The Bertz CT molecular complexity index is 872. The number of methoxy groups -OCH3 is 2. The van der Waals surface area contributed by atoms with E-state index in [4.69, 9.17) is 9.47 Å². The molecule has 6 nitrogen and oxygen atoms in total. The molecule has 2 aromatic rings. The molecular weight excluding hydrogens is 387 g/mol. The molecule has 1 N–H and O–H groups in total. The van der Waals surface area contributed by atoms with E-state index in [0.717, 1.165) is 11.3 Å². The fourth-order valence-electron chi connectivity index (χ4n) is 3.79. The molecule has 3 rings (SSSR count). The number of halogens is 1. The fourth-order valence-corrected chi connectivity index (χ4v) is 3.79. The third-order valence-corrected chi connectivity index (χ3v) is 5.42. The Morgan fingerprint density at radius 2 is 1.83 bits per heavy atom. The first kappa shape index (κ1) is 21.8. The minimum atomic E-state index is -0.559. The number of ether oxygens (including phenoxy) is 2. The zero-order valence-electron chi connectivity index (χ0n) is 17.3. The number of benzene rings is 2. The lowest BCUT2D eigenvalue weighted by Crippen LogP contribution is -2.36. The minimum absolute atomic E-state index is 0.0205. The van der Waals surface area contributed by atoms with Crippen LogP contribution in [0.15, 0.2) is 48.5 Å². The van der Waals surface area contributed by atoms with Crippen LogP contribution >= 0.6 is 0 Å². The Balaban J connectivity index is 1.80. The summed E-state index contributed by atoms with van der Waals surface area (Å²) in [4.78, 5) is 27.4. The monoisotopic (exact) mass is 414 g/mol. The molecule has 7 heteroatoms. The number of nitrogens with zero attached hydrogens (tertiary/aromatic N) is 1. The van der Waals surface area contributed by atoms with Gasteiger partial charge in [-0.3, -0.25) is 9.59 Å². The second kappa shape index (κ2) is 10.2. The molecule has 2 aromatic carbocycles. The Labute approximate surface area is 176 Å². The van der Waals surface area contributed by atoms with E-state index in [-0.39, 0.29) is 23.9 Å². The average molecular weight is 414 g/mol. The summed E-state index contributed by atoms with van der Waals surface area (Å²) < 4.78 is 24.4. The van der Waals surface area contributed by atoms with Gasteiger partial charge in [-0.25, -0.2) is 4.39 Å². The highest BCUT2D eigenvalue weighted by Gasteiger charge is 2.40. The van der Waals surface area contributed by atoms with Crippen LogP contribution in [0.4, 0.5) is 4.39 Å². The lowest BCUT2D eigenvalue weighted by Gasteiger charge is -2.18. The number of carbonyl (C=O) groups is 2. The van der Waals surface area contributed by atoms with E-state index in [9.17, 15) is 14.0 Å². The highest BCUT2D eigenvalue weighted by molar-refractivity contribution is 5.95. The molecule has 0 aliphatic carbocycles. The first-order valence-corrected chi connectivity index (χ1v) is 9.99. The Kier molecular flexibility index (Phi) is 7.41. The Morgan fingerprint density at radius 1 is 1.10 bits per heavy atom. The van der Waals surface area contributed by atoms with Gasteiger partial charge in [-0.05, 0) is 36.2 Å². The number of likely N-dealkylation sites (tertiary alicyclic amines) is 1. The van der Waals surface area contributed by atoms with Crippen LogP contribution in [0.25, 0.3) is 0 Å². The number of nitrogens with one attached hydrogen (secondary N) is 1. The van der Waals surface area contributed by atoms with Gasteiger partial charge in [0.05, 0.1) is 18.6 Å². The summed E-state index contributed by atoms with van der Waals surface area (Å²) in [5.74, 6) is -0.963. The maximum Gasteiger partial charge on any atom is 0.256 e. The quantitative estimate of drug-likeness (QED) is 0.675. The molecule has 0 radical (unpaired) electrons. The summed E-state index contributed by atoms with van der Waals surface area (Å²) in [7, 11) is 3.21. The Hall–Kier alpha value is -2.93. The van der Waals surface area contributed by atoms with E-state index in [1.807, 2.05) is 24.3 Å². The van der Waals surface area contributed by atoms with Gasteiger partial charge >= 0.3 is 0 Å². The van der Waals surface area contributed by atoms with Gasteiger partial charge < -0.3 is 19.7 Å². The summed E-state index contributed by atoms with van der Waals surface area (Å²) in [5, 5.41) is 2.94. The van der Waals surface area contributed by atoms with Crippen molar-refractivity contribution in [2.45, 2.75) is 12.3 Å². The van der Waals surface area contributed by atoms with Crippen LogP contribution in [0.2, 0.25) is 0 Å². The Morgan fingerprint density at radius 3 is 2.50 bits per heavy atom. The number of hydrogen-bond acceptors (Lipinski definition) is 4. The van der Waals surface area contributed by atoms with Crippen LogP contribution in [-0.4, -0.2) is 57.2 Å². The van der Waals surface area contributed by atoms with Gasteiger partial charge in [0.15, 0.2) is 0 Å². The van der Waals surface area contributed by atoms with Crippen molar-refractivity contribution in [3.63, 3.8) is 0 Å². The molecule has 160 valence electrons. The van der Waals surface area contributed by atoms with Gasteiger partial charge in [-0.2, -0.15) is 0 Å². The predicted octanol–water partition coefficient (Wildman–Crippen LogP) is 2.84. The van der Waals surface area contributed by atoms with Crippen molar-refractivity contribution in [2.75, 3.05) is 40.5 Å². The van der Waals surface area contributed by atoms with Crippen LogP contribution in [0, 0.1) is 11.7 Å². The summed E-state index contributed by atoms with van der Waals surface area (Å²) >= 11 is 0. The maximum absolute atomic E-state index is 14.1. The smallest absolute Gasteiger partial charge is 0.256 e. The van der Waals surface area contributed by atoms with E-state index in [1.165, 1.54) is 12.1 Å². The topological polar surface area (TPSA) is 67.9 Å². The zero-order valence-corrected chi connectivity index (χ0v) is 17.3. The van der Waals surface area contributed by atoms with Crippen LogP contribution in [0.3, 0.4) is 0 Å². The molecule has 2 amide bonds. The van der Waals surface area contributed by atoms with Crippen LogP contribution in [-0.2, 0) is 9.53 Å². The van der Waals surface area contributed by atoms with Gasteiger partial charge in [-0.1, -0.05) is 24.3 Å². The molecule has 0 saturated carbocycles. The van der Waals surface area contributed by atoms with E-state index < -0.39 is 17.6 Å². The number of amides is 2. The van der Waals surface area contributed by atoms with Crippen molar-refractivity contribution in [3.8, 4) is 5.75 Å². The minimum Gasteiger partial charge on any atom is -0.497 e. The van der Waals surface area contributed by atoms with Crippen molar-refractivity contribution in [2.24, 2.45) is 5.92 Å². The lowest BCUT2D eigenvalue weighted by atomic mass is 9.88. The number of rotatable bonds is 8. The average Bonchev–Trinajstić information content (AvgIpc) is 3.22. The molecule has 30 heavy (non-hydrogen) atoms. The van der Waals surface area contributed by atoms with Crippen LogP contribution in [0.1, 0.15) is 28.3 Å². The zero-order chi connectivity index (χ0) is 21.5. The van der Waals surface area contributed by atoms with Gasteiger partial charge in [0, 0.05) is 39.3 Å². The molecule has 1 aliphatic heterocycles. The molecule has 0 bridgehead atoms. The number of carbonyl (C=O) groups excluding carboxylic acids is 2. The van der Waals surface area contributed by atoms with Crippen molar-refractivity contribution in [1.82, 2.24) is 10.2 Å². The normalized spacial score (nSPS) is 18.3. The first-order chi connectivity index (χ1) is 14.5. The van der Waals surface area contributed by atoms with Crippen molar-refractivity contribution >= 4 is 11.8 Å². The molecule has 1 fully saturated rings. The fraction of sp³-hybridized carbons (Fsp3) is 0.391. The van der Waals surface area contributed by atoms with Gasteiger partial charge in [0.25, 0.3) is 5.91 Å². The summed E-state index contributed by atoms with van der Waals surface area (Å²) in [5.41, 5.74) is 0.962. The molecule has 2 atom stereocenters. The van der Waals surface area contributed by atoms with Gasteiger partial charge in [0.1, 0.15) is 11.6 Å². The second-order valence-corrected chi connectivity index (χ2v) is 7.31. The largest absolute Gasteiger partial charge is 0.497 e. The molecule has 1 saturated heterocycles. The van der Waals surface area contributed by atoms with Crippen molar-refractivity contribution < 1.29 is 23.5 Å². The highest BCUT2D eigenvalue weighted by atomic mass is 19.1. The summed E-state index contributed by atoms with van der Waals surface area (Å²) in [6.07, 6.45) is 0.708. The molecule has 1 heterocycles. The molecule has 0 aromatic heterocycles. The molecular formula is C23H27FN2O4. The standard InChI is InChI=1S/C23H27FN2O4/c1-29-13-5-12-25-22(27)20-15-26(23(28)18-6-3-4-7-21(18)24)14-19(20)16-8-10-17(30-2)11-9-16/h3-4,6-11,19-20H,5,12-15H2,1-2H3,(H,25,27). The molecule has 0 spiro atoms. The van der Waals surface area contributed by atoms with Gasteiger partial charge in [0.2, 0.25) is 5.91 Å². The maximum atomic E-state index is 14.1. The number of hydrogen-bond donors (Lipinski definition) is 1. The van der Waals surface area contributed by atoms with E-state index in [1.54, 1.807) is 31.3 Å². The van der Waals surface area contributed by atoms with Crippen molar-refractivity contribution in [3.05, 3.63) is 65.5 Å². The first-order valence-electron chi connectivity index (χ1n) is 9.99.